The predicted molar refractivity (Wildman–Crippen MR) is 69.4 cm³/mol. The predicted octanol–water partition coefficient (Wildman–Crippen LogP) is 2.38. The molecule has 0 aliphatic heterocycles. The number of nitrogen functional groups attached to an aromatic ring is 1. The summed E-state index contributed by atoms with van der Waals surface area (Å²) in [5, 5.41) is 7.04. The monoisotopic (exact) mass is 245 g/mol. The van der Waals surface area contributed by atoms with Crippen LogP contribution in [0.25, 0.3) is 0 Å². The molecule has 1 heterocycles. The van der Waals surface area contributed by atoms with Gasteiger partial charge in [0.15, 0.2) is 5.78 Å². The third-order valence-electron chi connectivity index (χ3n) is 2.58. The Labute approximate surface area is 105 Å². The molecule has 0 fully saturated rings. The highest BCUT2D eigenvalue weighted by molar-refractivity contribution is 5.99. The minimum absolute atomic E-state index is 0.0477. The largest absolute Gasteiger partial charge is 0.398 e. The molecular formula is C13H15N3O2. The van der Waals surface area contributed by atoms with Crippen molar-refractivity contribution in [3.63, 3.8) is 0 Å². The molecule has 18 heavy (non-hydrogen) atoms. The van der Waals surface area contributed by atoms with Crippen LogP contribution in [0.3, 0.4) is 0 Å². The standard InChI is InChI=1S/C13H15N3O2/c1-8-5-11(16-18-8)7-15-10-3-4-13(14)12(6-10)9(2)17/h3-6,15H,7,14H2,1-2H3. The lowest BCUT2D eigenvalue weighted by atomic mass is 10.1. The second-order valence-corrected chi connectivity index (χ2v) is 4.14. The molecule has 0 saturated heterocycles. The van der Waals surface area contributed by atoms with Crippen LogP contribution in [0.5, 0.6) is 0 Å². The Morgan fingerprint density at radius 2 is 2.22 bits per heavy atom. The number of Topliss-reactive ketones (excluding diaryl/α,β-unsaturated/α-hetero) is 1. The lowest BCUT2D eigenvalue weighted by Crippen LogP contribution is -2.04. The third-order valence-corrected chi connectivity index (χ3v) is 2.58. The maximum absolute atomic E-state index is 11.4. The van der Waals surface area contributed by atoms with Gasteiger partial charge in [-0.2, -0.15) is 0 Å². The molecule has 5 nitrogen and oxygen atoms in total. The van der Waals surface area contributed by atoms with Gasteiger partial charge in [-0.25, -0.2) is 0 Å². The number of anilines is 2. The smallest absolute Gasteiger partial charge is 0.161 e. The number of nitrogens with zero attached hydrogens (tertiary/aromatic N) is 1. The quantitative estimate of drug-likeness (QED) is 0.638. The number of carbonyl (C=O) groups is 1. The van der Waals surface area contributed by atoms with E-state index in [0.29, 0.717) is 17.8 Å². The van der Waals surface area contributed by atoms with Crippen molar-refractivity contribution in [2.45, 2.75) is 20.4 Å². The summed E-state index contributed by atoms with van der Waals surface area (Å²) in [5.41, 5.74) is 8.38. The van der Waals surface area contributed by atoms with Gasteiger partial charge >= 0.3 is 0 Å². The first kappa shape index (κ1) is 12.2. The van der Waals surface area contributed by atoms with E-state index in [2.05, 4.69) is 10.5 Å². The van der Waals surface area contributed by atoms with Crippen LogP contribution in [0.1, 0.15) is 28.7 Å². The molecule has 0 radical (unpaired) electrons. The molecule has 0 amide bonds. The molecule has 0 atom stereocenters. The summed E-state index contributed by atoms with van der Waals surface area (Å²) in [6, 6.07) is 7.14. The van der Waals surface area contributed by atoms with Gasteiger partial charge in [-0.3, -0.25) is 4.79 Å². The molecule has 5 heteroatoms. The lowest BCUT2D eigenvalue weighted by molar-refractivity contribution is 0.101. The first-order chi connectivity index (χ1) is 8.56. The molecule has 1 aromatic carbocycles. The summed E-state index contributed by atoms with van der Waals surface area (Å²) in [6.07, 6.45) is 0. The zero-order chi connectivity index (χ0) is 13.1. The topological polar surface area (TPSA) is 81.2 Å². The van der Waals surface area contributed by atoms with E-state index in [0.717, 1.165) is 17.1 Å². The van der Waals surface area contributed by atoms with Gasteiger partial charge in [-0.05, 0) is 32.0 Å². The van der Waals surface area contributed by atoms with E-state index in [1.807, 2.05) is 19.1 Å². The highest BCUT2D eigenvalue weighted by Crippen LogP contribution is 2.19. The van der Waals surface area contributed by atoms with Crippen LogP contribution in [0.2, 0.25) is 0 Å². The van der Waals surface area contributed by atoms with Crippen molar-refractivity contribution in [3.8, 4) is 0 Å². The maximum atomic E-state index is 11.4. The highest BCUT2D eigenvalue weighted by atomic mass is 16.5. The molecule has 0 saturated carbocycles. The van der Waals surface area contributed by atoms with Gasteiger partial charge in [-0.1, -0.05) is 5.16 Å². The van der Waals surface area contributed by atoms with Crippen molar-refractivity contribution in [1.29, 1.82) is 0 Å². The molecular weight excluding hydrogens is 230 g/mol. The number of aryl methyl sites for hydroxylation is 1. The Kier molecular flexibility index (Phi) is 3.32. The van der Waals surface area contributed by atoms with Crippen LogP contribution in [0, 0.1) is 6.92 Å². The average Bonchev–Trinajstić information content (AvgIpc) is 2.74. The van der Waals surface area contributed by atoms with Crippen molar-refractivity contribution in [2.75, 3.05) is 11.1 Å². The summed E-state index contributed by atoms with van der Waals surface area (Å²) < 4.78 is 4.97. The Balaban J connectivity index is 2.10. The van der Waals surface area contributed by atoms with Crippen molar-refractivity contribution < 1.29 is 9.32 Å². The van der Waals surface area contributed by atoms with Gasteiger partial charge < -0.3 is 15.6 Å². The van der Waals surface area contributed by atoms with E-state index >= 15 is 0 Å². The SMILES string of the molecule is CC(=O)c1cc(NCc2cc(C)on2)ccc1N. The molecule has 2 rings (SSSR count). The first-order valence-electron chi connectivity index (χ1n) is 5.63. The first-order valence-corrected chi connectivity index (χ1v) is 5.63. The number of benzene rings is 1. The average molecular weight is 245 g/mol. The third kappa shape index (κ3) is 2.68. The van der Waals surface area contributed by atoms with E-state index in [-0.39, 0.29) is 5.78 Å². The number of hydrogen-bond donors (Lipinski definition) is 2. The second kappa shape index (κ2) is 4.91. The minimum atomic E-state index is -0.0477. The molecule has 94 valence electrons. The molecule has 3 N–H and O–H groups in total. The molecule has 1 aromatic heterocycles. The summed E-state index contributed by atoms with van der Waals surface area (Å²) in [4.78, 5) is 11.4. The van der Waals surface area contributed by atoms with Gasteiger partial charge in [0, 0.05) is 23.0 Å². The van der Waals surface area contributed by atoms with Crippen LogP contribution in [0.15, 0.2) is 28.8 Å². The number of ketones is 1. The number of nitrogens with one attached hydrogen (secondary N) is 1. The van der Waals surface area contributed by atoms with E-state index in [9.17, 15) is 4.79 Å². The van der Waals surface area contributed by atoms with E-state index in [4.69, 9.17) is 10.3 Å². The number of hydrogen-bond acceptors (Lipinski definition) is 5. The van der Waals surface area contributed by atoms with Gasteiger partial charge in [0.2, 0.25) is 0 Å². The molecule has 2 aromatic rings. The van der Waals surface area contributed by atoms with E-state index in [1.165, 1.54) is 6.92 Å². The fraction of sp³-hybridized carbons (Fsp3) is 0.231. The zero-order valence-electron chi connectivity index (χ0n) is 10.4. The van der Waals surface area contributed by atoms with Crippen molar-refractivity contribution >= 4 is 17.2 Å². The molecule has 0 spiro atoms. The summed E-state index contributed by atoms with van der Waals surface area (Å²) in [7, 11) is 0. The van der Waals surface area contributed by atoms with Crippen molar-refractivity contribution in [3.05, 3.63) is 41.3 Å². The van der Waals surface area contributed by atoms with Gasteiger partial charge in [0.1, 0.15) is 11.5 Å². The second-order valence-electron chi connectivity index (χ2n) is 4.14. The number of carbonyl (C=O) groups excluding carboxylic acids is 1. The minimum Gasteiger partial charge on any atom is -0.398 e. The Morgan fingerprint density at radius 1 is 1.44 bits per heavy atom. The molecule has 0 unspecified atom stereocenters. The number of rotatable bonds is 4. The fourth-order valence-corrected chi connectivity index (χ4v) is 1.67. The Bertz CT molecular complexity index is 575. The van der Waals surface area contributed by atoms with E-state index < -0.39 is 0 Å². The Morgan fingerprint density at radius 3 is 2.83 bits per heavy atom. The highest BCUT2D eigenvalue weighted by Gasteiger charge is 2.06. The van der Waals surface area contributed by atoms with Crippen LogP contribution >= 0.6 is 0 Å². The van der Waals surface area contributed by atoms with Crippen molar-refractivity contribution in [1.82, 2.24) is 5.16 Å². The summed E-state index contributed by atoms with van der Waals surface area (Å²) in [5.74, 6) is 0.724. The van der Waals surface area contributed by atoms with Crippen LogP contribution < -0.4 is 11.1 Å². The zero-order valence-corrected chi connectivity index (χ0v) is 10.4. The molecule has 0 aliphatic carbocycles. The number of aromatic nitrogens is 1. The number of nitrogens with two attached hydrogens (primary N) is 1. The summed E-state index contributed by atoms with van der Waals surface area (Å²) in [6.45, 7) is 3.88. The van der Waals surface area contributed by atoms with Crippen molar-refractivity contribution in [2.24, 2.45) is 0 Å². The molecule has 0 aliphatic rings. The lowest BCUT2D eigenvalue weighted by Gasteiger charge is -2.07. The van der Waals surface area contributed by atoms with Crippen LogP contribution in [-0.2, 0) is 6.54 Å². The Hall–Kier alpha value is -2.30. The fourth-order valence-electron chi connectivity index (χ4n) is 1.67. The van der Waals surface area contributed by atoms with Gasteiger partial charge in [0.25, 0.3) is 0 Å². The van der Waals surface area contributed by atoms with E-state index in [1.54, 1.807) is 12.1 Å². The maximum Gasteiger partial charge on any atom is 0.161 e. The van der Waals surface area contributed by atoms with Crippen LogP contribution in [-0.4, -0.2) is 10.9 Å². The van der Waals surface area contributed by atoms with Gasteiger partial charge in [0.05, 0.1) is 6.54 Å². The normalized spacial score (nSPS) is 10.3. The molecule has 0 bridgehead atoms. The van der Waals surface area contributed by atoms with Gasteiger partial charge in [-0.15, -0.1) is 0 Å². The van der Waals surface area contributed by atoms with Crippen LogP contribution in [0.4, 0.5) is 11.4 Å². The summed E-state index contributed by atoms with van der Waals surface area (Å²) >= 11 is 0.